The highest BCUT2D eigenvalue weighted by Crippen LogP contribution is 2.27. The van der Waals surface area contributed by atoms with Crippen molar-refractivity contribution in [2.45, 2.75) is 65.8 Å². The molecule has 0 unspecified atom stereocenters. The Hall–Kier alpha value is -3.48. The lowest BCUT2D eigenvalue weighted by atomic mass is 9.91. The van der Waals surface area contributed by atoms with Gasteiger partial charge in [0, 0.05) is 64.0 Å². The van der Waals surface area contributed by atoms with E-state index < -0.39 is 36.1 Å². The Balaban J connectivity index is 0.00000576. The number of nitrogens with zero attached hydrogens (tertiary/aromatic N) is 3. The van der Waals surface area contributed by atoms with Gasteiger partial charge in [-0.05, 0) is 61.1 Å². The first-order valence-electron chi connectivity index (χ1n) is 15.9. The summed E-state index contributed by atoms with van der Waals surface area (Å²) in [6.45, 7) is 10.5. The summed E-state index contributed by atoms with van der Waals surface area (Å²) in [6, 6.07) is 4.75. The molecule has 4 rings (SSSR count). The second kappa shape index (κ2) is 17.4. The van der Waals surface area contributed by atoms with Crippen LogP contribution in [0.25, 0.3) is 6.08 Å². The average Bonchev–Trinajstić information content (AvgIpc) is 3.00. The Labute approximate surface area is 272 Å². The van der Waals surface area contributed by atoms with E-state index in [2.05, 4.69) is 5.32 Å². The molecule has 1 aromatic rings. The summed E-state index contributed by atoms with van der Waals surface area (Å²) >= 11 is 0. The molecule has 0 saturated carbocycles. The minimum atomic E-state index is -0.894. The molecule has 3 N–H and O–H groups in total. The third-order valence-electron chi connectivity index (χ3n) is 8.72. The third-order valence-corrected chi connectivity index (χ3v) is 8.72. The SMILES string of the molecule is C.C/C(=C\c1cc(F)cc(N2CCN(CC(=O)O)CC2)c1)[C@H]1OC(=O)C[C@H](O)CC[C@H](C)[C@@H](OC(=O)N2CCNCC2)/C=C/[C@@H]1C. The largest absolute Gasteiger partial charge is 0.480 e. The number of cyclic esters (lactones) is 1. The molecule has 0 bridgehead atoms. The van der Waals surface area contributed by atoms with Gasteiger partial charge >= 0.3 is 18.0 Å². The van der Waals surface area contributed by atoms with Crippen LogP contribution in [0.3, 0.4) is 0 Å². The van der Waals surface area contributed by atoms with Crippen molar-refractivity contribution in [2.75, 3.05) is 63.8 Å². The third kappa shape index (κ3) is 10.8. The standard InChI is InChI=1S/C33H47FN4O7.CH4/c1-22-4-6-28(39)20-31(42)45-32(23(2)5-7-29(22)44-33(43)38-10-8-35-9-11-38)24(3)16-25-17-26(34)19-27(18-25)37-14-12-36(13-15-37)21-30(40)41;/h5,7,16-19,22-23,28-29,32,35,39H,4,6,8-15,20-21H2,1-3H3,(H,40,41);1H4/b7-5+,24-16+;/t22-,23-,28+,29-,32-;/m0./s1. The fourth-order valence-corrected chi connectivity index (χ4v) is 6.05. The number of hydrogen-bond donors (Lipinski definition) is 3. The van der Waals surface area contributed by atoms with Crippen LogP contribution in [0.1, 0.15) is 53.0 Å². The predicted molar refractivity (Wildman–Crippen MR) is 175 cm³/mol. The summed E-state index contributed by atoms with van der Waals surface area (Å²) in [5.74, 6) is -2.20. The van der Waals surface area contributed by atoms with E-state index in [1.807, 2.05) is 48.8 Å². The van der Waals surface area contributed by atoms with Crippen molar-refractivity contribution >= 4 is 29.8 Å². The number of halogens is 1. The van der Waals surface area contributed by atoms with E-state index in [0.717, 1.165) is 0 Å². The van der Waals surface area contributed by atoms with Crippen molar-refractivity contribution in [1.29, 1.82) is 0 Å². The Morgan fingerprint density at radius 1 is 1.07 bits per heavy atom. The van der Waals surface area contributed by atoms with Crippen LogP contribution in [0, 0.1) is 17.7 Å². The number of hydrogen-bond acceptors (Lipinski definition) is 9. The van der Waals surface area contributed by atoms with Gasteiger partial charge < -0.3 is 34.8 Å². The number of aliphatic hydroxyl groups is 1. The predicted octanol–water partition coefficient (Wildman–Crippen LogP) is 3.77. The minimum absolute atomic E-state index is 0. The molecule has 3 aliphatic rings. The Morgan fingerprint density at radius 3 is 2.43 bits per heavy atom. The summed E-state index contributed by atoms with van der Waals surface area (Å²) in [5, 5.41) is 22.9. The van der Waals surface area contributed by atoms with Crippen LogP contribution >= 0.6 is 0 Å². The lowest BCUT2D eigenvalue weighted by Gasteiger charge is -2.35. The van der Waals surface area contributed by atoms with E-state index in [4.69, 9.17) is 14.6 Å². The number of aliphatic hydroxyl groups excluding tert-OH is 1. The highest BCUT2D eigenvalue weighted by atomic mass is 19.1. The molecule has 2 fully saturated rings. The number of piperazine rings is 2. The molecule has 1 aromatic carbocycles. The molecule has 11 nitrogen and oxygen atoms in total. The first-order chi connectivity index (χ1) is 21.5. The van der Waals surface area contributed by atoms with Gasteiger partial charge in [0.2, 0.25) is 0 Å². The fraction of sp³-hybridized carbons (Fsp3) is 0.618. The molecule has 12 heteroatoms. The number of amides is 1. The second-order valence-electron chi connectivity index (χ2n) is 12.4. The van der Waals surface area contributed by atoms with Gasteiger partial charge in [-0.3, -0.25) is 14.5 Å². The topological polar surface area (TPSA) is 132 Å². The summed E-state index contributed by atoms with van der Waals surface area (Å²) in [4.78, 5) is 42.4. The molecule has 0 aromatic heterocycles. The molecule has 5 atom stereocenters. The number of carbonyl (C=O) groups excluding carboxylic acids is 2. The first kappa shape index (κ1) is 37.0. The van der Waals surface area contributed by atoms with Crippen molar-refractivity contribution in [1.82, 2.24) is 15.1 Å². The van der Waals surface area contributed by atoms with Crippen molar-refractivity contribution in [3.8, 4) is 0 Å². The van der Waals surface area contributed by atoms with E-state index in [9.17, 15) is 23.9 Å². The smallest absolute Gasteiger partial charge is 0.410 e. The zero-order chi connectivity index (χ0) is 32.5. The molecule has 1 amide bonds. The summed E-state index contributed by atoms with van der Waals surface area (Å²) in [5.41, 5.74) is 1.99. The quantitative estimate of drug-likeness (QED) is 0.310. The Morgan fingerprint density at radius 2 is 1.76 bits per heavy atom. The number of carboxylic acid groups (broad SMARTS) is 1. The number of carboxylic acids is 1. The molecule has 256 valence electrons. The van der Waals surface area contributed by atoms with Gasteiger partial charge in [0.25, 0.3) is 0 Å². The van der Waals surface area contributed by atoms with Gasteiger partial charge in [0.05, 0.1) is 19.1 Å². The van der Waals surface area contributed by atoms with Crippen LogP contribution in [0.15, 0.2) is 35.9 Å². The molecular weight excluding hydrogens is 595 g/mol. The Kier molecular flexibility index (Phi) is 14.0. The van der Waals surface area contributed by atoms with Crippen molar-refractivity contribution < 1.29 is 38.5 Å². The normalized spacial score (nSPS) is 27.8. The zero-order valence-electron chi connectivity index (χ0n) is 26.5. The number of aliphatic carboxylic acids is 1. The maximum Gasteiger partial charge on any atom is 0.410 e. The summed E-state index contributed by atoms with van der Waals surface area (Å²) < 4.78 is 26.7. The van der Waals surface area contributed by atoms with Crippen LogP contribution < -0.4 is 10.2 Å². The van der Waals surface area contributed by atoms with Gasteiger partial charge in [-0.2, -0.15) is 0 Å². The molecule has 0 aliphatic carbocycles. The monoisotopic (exact) mass is 646 g/mol. The summed E-state index contributed by atoms with van der Waals surface area (Å²) in [6.07, 6.45) is 3.81. The van der Waals surface area contributed by atoms with Gasteiger partial charge in [-0.15, -0.1) is 0 Å². The number of nitrogens with one attached hydrogen (secondary N) is 1. The molecular formula is C34H51FN4O7. The van der Waals surface area contributed by atoms with E-state index >= 15 is 0 Å². The van der Waals surface area contributed by atoms with E-state index in [0.29, 0.717) is 82.0 Å². The van der Waals surface area contributed by atoms with E-state index in [-0.39, 0.29) is 38.3 Å². The number of rotatable bonds is 6. The zero-order valence-corrected chi connectivity index (χ0v) is 26.5. The van der Waals surface area contributed by atoms with Crippen molar-refractivity contribution in [3.05, 3.63) is 47.3 Å². The molecule has 3 heterocycles. The molecule has 0 spiro atoms. The van der Waals surface area contributed by atoms with Crippen LogP contribution in [-0.4, -0.2) is 115 Å². The number of esters is 1. The van der Waals surface area contributed by atoms with Crippen molar-refractivity contribution in [3.63, 3.8) is 0 Å². The average molecular weight is 647 g/mol. The molecule has 2 saturated heterocycles. The van der Waals surface area contributed by atoms with Gasteiger partial charge in [0.15, 0.2) is 0 Å². The minimum Gasteiger partial charge on any atom is -0.480 e. The summed E-state index contributed by atoms with van der Waals surface area (Å²) in [7, 11) is 0. The maximum atomic E-state index is 14.8. The molecule has 0 radical (unpaired) electrons. The number of carbonyl (C=O) groups is 3. The lowest BCUT2D eigenvalue weighted by Crippen LogP contribution is -2.48. The molecule has 3 aliphatic heterocycles. The highest BCUT2D eigenvalue weighted by molar-refractivity contribution is 5.71. The Bertz CT molecular complexity index is 1240. The van der Waals surface area contributed by atoms with Crippen LogP contribution in [0.2, 0.25) is 0 Å². The van der Waals surface area contributed by atoms with Gasteiger partial charge in [-0.1, -0.05) is 33.4 Å². The van der Waals surface area contributed by atoms with Crippen LogP contribution in [0.5, 0.6) is 0 Å². The highest BCUT2D eigenvalue weighted by Gasteiger charge is 2.29. The van der Waals surface area contributed by atoms with E-state index in [1.54, 1.807) is 11.0 Å². The fourth-order valence-electron chi connectivity index (χ4n) is 6.05. The number of anilines is 1. The van der Waals surface area contributed by atoms with Gasteiger partial charge in [0.1, 0.15) is 18.0 Å². The number of benzene rings is 1. The lowest BCUT2D eigenvalue weighted by molar-refractivity contribution is -0.151. The molecule has 46 heavy (non-hydrogen) atoms. The second-order valence-corrected chi connectivity index (χ2v) is 12.4. The first-order valence-corrected chi connectivity index (χ1v) is 15.9. The van der Waals surface area contributed by atoms with Crippen LogP contribution in [-0.2, 0) is 19.1 Å². The van der Waals surface area contributed by atoms with E-state index in [1.165, 1.54) is 12.1 Å². The van der Waals surface area contributed by atoms with Crippen molar-refractivity contribution in [2.24, 2.45) is 11.8 Å². The van der Waals surface area contributed by atoms with Crippen LogP contribution in [0.4, 0.5) is 14.9 Å². The van der Waals surface area contributed by atoms with Gasteiger partial charge in [-0.25, -0.2) is 9.18 Å². The number of ether oxygens (including phenoxy) is 2. The maximum absolute atomic E-state index is 14.8.